The first-order chi connectivity index (χ1) is 8.08. The Morgan fingerprint density at radius 3 is 2.71 bits per heavy atom. The summed E-state index contributed by atoms with van der Waals surface area (Å²) in [5.74, 6) is -0.158. The fraction of sp³-hybridized carbons (Fsp3) is 0. The van der Waals surface area contributed by atoms with Crippen molar-refractivity contribution in [3.05, 3.63) is 51.3 Å². The third kappa shape index (κ3) is 2.62. The Bertz CT molecular complexity index is 571. The van der Waals surface area contributed by atoms with Crippen LogP contribution in [0, 0.1) is 0 Å². The molecule has 2 aromatic rings. The molecule has 0 bridgehead atoms. The van der Waals surface area contributed by atoms with Gasteiger partial charge in [-0.3, -0.25) is 9.78 Å². The van der Waals surface area contributed by atoms with Gasteiger partial charge in [0.15, 0.2) is 0 Å². The van der Waals surface area contributed by atoms with Gasteiger partial charge in [0, 0.05) is 16.9 Å². The topological polar surface area (TPSA) is 68.9 Å². The molecule has 2 N–H and O–H groups in total. The standard InChI is InChI=1S/C11H7BrClN3O/c12-6-1-2-9(15-4-6)10(17)8-3-7(13)5-16-11(8)14/h1-5H,(H2,14,16). The predicted molar refractivity (Wildman–Crippen MR) is 69.0 cm³/mol. The van der Waals surface area contributed by atoms with Gasteiger partial charge in [0.25, 0.3) is 0 Å². The highest BCUT2D eigenvalue weighted by molar-refractivity contribution is 9.10. The highest BCUT2D eigenvalue weighted by Gasteiger charge is 2.14. The maximum Gasteiger partial charge on any atom is 0.215 e. The Morgan fingerprint density at radius 2 is 2.06 bits per heavy atom. The normalized spacial score (nSPS) is 10.2. The number of halogens is 2. The maximum absolute atomic E-state index is 12.1. The number of hydrogen-bond acceptors (Lipinski definition) is 4. The van der Waals surface area contributed by atoms with Crippen molar-refractivity contribution >= 4 is 39.1 Å². The number of aromatic nitrogens is 2. The van der Waals surface area contributed by atoms with Crippen LogP contribution in [-0.2, 0) is 0 Å². The largest absolute Gasteiger partial charge is 0.383 e. The minimum Gasteiger partial charge on any atom is -0.383 e. The average Bonchev–Trinajstić information content (AvgIpc) is 2.32. The first kappa shape index (κ1) is 12.0. The van der Waals surface area contributed by atoms with E-state index in [4.69, 9.17) is 17.3 Å². The first-order valence-corrected chi connectivity index (χ1v) is 5.82. The molecule has 0 spiro atoms. The molecule has 0 aromatic carbocycles. The number of nitrogen functional groups attached to an aromatic ring is 1. The molecule has 0 aliphatic carbocycles. The molecule has 17 heavy (non-hydrogen) atoms. The number of nitrogens with zero attached hydrogens (tertiary/aromatic N) is 2. The molecule has 0 radical (unpaired) electrons. The fourth-order valence-electron chi connectivity index (χ4n) is 1.28. The van der Waals surface area contributed by atoms with Crippen LogP contribution >= 0.6 is 27.5 Å². The van der Waals surface area contributed by atoms with Crippen molar-refractivity contribution in [3.8, 4) is 0 Å². The third-order valence-electron chi connectivity index (χ3n) is 2.09. The van der Waals surface area contributed by atoms with Crippen LogP contribution in [0.3, 0.4) is 0 Å². The lowest BCUT2D eigenvalue weighted by molar-refractivity contribution is 0.103. The third-order valence-corrected chi connectivity index (χ3v) is 2.77. The Labute approximate surface area is 111 Å². The SMILES string of the molecule is Nc1ncc(Cl)cc1C(=O)c1ccc(Br)cn1. The van der Waals surface area contributed by atoms with E-state index in [0.29, 0.717) is 10.7 Å². The lowest BCUT2D eigenvalue weighted by Crippen LogP contribution is -2.08. The molecule has 0 saturated heterocycles. The van der Waals surface area contributed by atoms with Crippen LogP contribution in [0.4, 0.5) is 5.82 Å². The monoisotopic (exact) mass is 311 g/mol. The second-order valence-electron chi connectivity index (χ2n) is 3.28. The summed E-state index contributed by atoms with van der Waals surface area (Å²) in [5.41, 5.74) is 6.18. The van der Waals surface area contributed by atoms with Crippen LogP contribution in [-0.4, -0.2) is 15.8 Å². The van der Waals surface area contributed by atoms with Gasteiger partial charge in [0.05, 0.1) is 10.6 Å². The molecule has 2 rings (SSSR count). The van der Waals surface area contributed by atoms with Crippen molar-refractivity contribution in [2.24, 2.45) is 0 Å². The molecule has 0 aliphatic heterocycles. The summed E-state index contributed by atoms with van der Waals surface area (Å²) >= 11 is 9.02. The molecule has 0 saturated carbocycles. The van der Waals surface area contributed by atoms with E-state index < -0.39 is 0 Å². The van der Waals surface area contributed by atoms with E-state index in [0.717, 1.165) is 4.47 Å². The van der Waals surface area contributed by atoms with Crippen molar-refractivity contribution in [3.63, 3.8) is 0 Å². The van der Waals surface area contributed by atoms with Gasteiger partial charge in [0.1, 0.15) is 11.5 Å². The van der Waals surface area contributed by atoms with Crippen molar-refractivity contribution in [2.45, 2.75) is 0 Å². The minimum atomic E-state index is -0.301. The average molecular weight is 313 g/mol. The highest BCUT2D eigenvalue weighted by atomic mass is 79.9. The lowest BCUT2D eigenvalue weighted by Gasteiger charge is -2.03. The van der Waals surface area contributed by atoms with Crippen LogP contribution in [0.2, 0.25) is 5.02 Å². The van der Waals surface area contributed by atoms with Gasteiger partial charge in [-0.15, -0.1) is 0 Å². The summed E-state index contributed by atoms with van der Waals surface area (Å²) in [6.45, 7) is 0. The molecule has 0 amide bonds. The number of nitrogens with two attached hydrogens (primary N) is 1. The van der Waals surface area contributed by atoms with Crippen molar-refractivity contribution < 1.29 is 4.79 Å². The van der Waals surface area contributed by atoms with Crippen molar-refractivity contribution in [1.82, 2.24) is 9.97 Å². The number of carbonyl (C=O) groups is 1. The van der Waals surface area contributed by atoms with Crippen LogP contribution < -0.4 is 5.73 Å². The number of carbonyl (C=O) groups excluding carboxylic acids is 1. The van der Waals surface area contributed by atoms with Gasteiger partial charge >= 0.3 is 0 Å². The summed E-state index contributed by atoms with van der Waals surface area (Å²) < 4.78 is 0.797. The number of rotatable bonds is 2. The number of anilines is 1. The molecular weight excluding hydrogens is 305 g/mol. The molecule has 0 atom stereocenters. The van der Waals surface area contributed by atoms with Gasteiger partial charge in [-0.05, 0) is 34.1 Å². The second kappa shape index (κ2) is 4.81. The lowest BCUT2D eigenvalue weighted by atomic mass is 10.1. The van der Waals surface area contributed by atoms with E-state index in [1.165, 1.54) is 12.3 Å². The Balaban J connectivity index is 2.43. The number of ketones is 1. The number of pyridine rings is 2. The summed E-state index contributed by atoms with van der Waals surface area (Å²) in [6, 6.07) is 4.82. The minimum absolute atomic E-state index is 0.143. The predicted octanol–water partition coefficient (Wildman–Crippen LogP) is 2.71. The van der Waals surface area contributed by atoms with Crippen LogP contribution in [0.15, 0.2) is 35.1 Å². The molecule has 2 aromatic heterocycles. The molecule has 0 fully saturated rings. The highest BCUT2D eigenvalue weighted by Crippen LogP contribution is 2.18. The second-order valence-corrected chi connectivity index (χ2v) is 4.63. The Morgan fingerprint density at radius 1 is 1.29 bits per heavy atom. The number of hydrogen-bond donors (Lipinski definition) is 1. The van der Waals surface area contributed by atoms with E-state index in [1.807, 2.05) is 0 Å². The first-order valence-electron chi connectivity index (χ1n) is 4.65. The maximum atomic E-state index is 12.1. The summed E-state index contributed by atoms with van der Waals surface area (Å²) in [7, 11) is 0. The van der Waals surface area contributed by atoms with Crippen molar-refractivity contribution in [1.29, 1.82) is 0 Å². The van der Waals surface area contributed by atoms with Gasteiger partial charge in [-0.25, -0.2) is 4.98 Å². The van der Waals surface area contributed by atoms with Crippen molar-refractivity contribution in [2.75, 3.05) is 5.73 Å². The molecule has 2 heterocycles. The molecule has 4 nitrogen and oxygen atoms in total. The molecule has 86 valence electrons. The van der Waals surface area contributed by atoms with Gasteiger partial charge in [-0.2, -0.15) is 0 Å². The molecule has 0 aliphatic rings. The zero-order valence-corrected chi connectivity index (χ0v) is 10.9. The summed E-state index contributed by atoms with van der Waals surface area (Å²) in [5, 5.41) is 0.361. The zero-order chi connectivity index (χ0) is 12.4. The van der Waals surface area contributed by atoms with Gasteiger partial charge in [0.2, 0.25) is 5.78 Å². The van der Waals surface area contributed by atoms with Crippen LogP contribution in [0.25, 0.3) is 0 Å². The van der Waals surface area contributed by atoms with Crippen LogP contribution in [0.5, 0.6) is 0 Å². The molecule has 6 heteroatoms. The fourth-order valence-corrected chi connectivity index (χ4v) is 1.67. The van der Waals surface area contributed by atoms with Crippen LogP contribution in [0.1, 0.15) is 16.1 Å². The van der Waals surface area contributed by atoms with Gasteiger partial charge in [-0.1, -0.05) is 11.6 Å². The summed E-state index contributed by atoms with van der Waals surface area (Å²) in [4.78, 5) is 19.9. The zero-order valence-electron chi connectivity index (χ0n) is 8.52. The van der Waals surface area contributed by atoms with E-state index >= 15 is 0 Å². The van der Waals surface area contributed by atoms with Gasteiger partial charge < -0.3 is 5.73 Å². The summed E-state index contributed by atoms with van der Waals surface area (Å²) in [6.07, 6.45) is 2.93. The Kier molecular flexibility index (Phi) is 3.40. The smallest absolute Gasteiger partial charge is 0.215 e. The van der Waals surface area contributed by atoms with E-state index in [9.17, 15) is 4.79 Å². The van der Waals surface area contributed by atoms with E-state index in [2.05, 4.69) is 25.9 Å². The quantitative estimate of drug-likeness (QED) is 0.866. The molecule has 0 unspecified atom stereocenters. The van der Waals surface area contributed by atoms with E-state index in [-0.39, 0.29) is 17.2 Å². The van der Waals surface area contributed by atoms with E-state index in [1.54, 1.807) is 18.3 Å². The Hall–Kier alpha value is -1.46. The molecular formula is C11H7BrClN3O.